The van der Waals surface area contributed by atoms with Crippen LogP contribution in [0.15, 0.2) is 22.7 Å². The number of benzene rings is 1. The molecule has 1 aliphatic heterocycles. The number of anilines is 1. The Balaban J connectivity index is 1.90. The summed E-state index contributed by atoms with van der Waals surface area (Å²) >= 11 is 3.34. The predicted octanol–water partition coefficient (Wildman–Crippen LogP) is 3.40. The molecule has 0 aromatic heterocycles. The van der Waals surface area contributed by atoms with E-state index in [1.807, 2.05) is 4.90 Å². The minimum atomic E-state index is -0.312. The molecular weight excluding hydrogens is 311 g/mol. The van der Waals surface area contributed by atoms with Gasteiger partial charge in [0.2, 0.25) is 5.91 Å². The van der Waals surface area contributed by atoms with Crippen LogP contribution in [-0.2, 0) is 4.79 Å². The zero-order chi connectivity index (χ0) is 13.7. The standard InChI is InChI=1S/C14H18BrFN2O/c15-12-6-5-11(16)9-13(12)17-10-14(19)18-7-3-1-2-4-8-18/h5-6,9,17H,1-4,7-8,10H2. The molecule has 3 nitrogen and oxygen atoms in total. The molecule has 1 aliphatic rings. The van der Waals surface area contributed by atoms with Gasteiger partial charge in [-0.2, -0.15) is 0 Å². The van der Waals surface area contributed by atoms with Crippen molar-refractivity contribution < 1.29 is 9.18 Å². The van der Waals surface area contributed by atoms with Crippen molar-refractivity contribution in [2.75, 3.05) is 25.0 Å². The summed E-state index contributed by atoms with van der Waals surface area (Å²) in [4.78, 5) is 14.0. The van der Waals surface area contributed by atoms with Gasteiger partial charge >= 0.3 is 0 Å². The maximum absolute atomic E-state index is 13.1. The van der Waals surface area contributed by atoms with Crippen molar-refractivity contribution in [2.24, 2.45) is 0 Å². The average molecular weight is 329 g/mol. The third-order valence-corrected chi connectivity index (χ3v) is 4.01. The third kappa shape index (κ3) is 4.20. The van der Waals surface area contributed by atoms with Crippen LogP contribution in [0.4, 0.5) is 10.1 Å². The Hall–Kier alpha value is -1.10. The van der Waals surface area contributed by atoms with Crippen LogP contribution in [0.5, 0.6) is 0 Å². The molecule has 0 spiro atoms. The van der Waals surface area contributed by atoms with Crippen LogP contribution in [0, 0.1) is 5.82 Å². The molecule has 1 aromatic rings. The summed E-state index contributed by atoms with van der Waals surface area (Å²) in [5, 5.41) is 2.99. The van der Waals surface area contributed by atoms with Crippen LogP contribution >= 0.6 is 15.9 Å². The molecule has 0 atom stereocenters. The number of hydrogen-bond donors (Lipinski definition) is 1. The minimum absolute atomic E-state index is 0.0815. The van der Waals surface area contributed by atoms with Crippen molar-refractivity contribution in [3.63, 3.8) is 0 Å². The predicted molar refractivity (Wildman–Crippen MR) is 77.6 cm³/mol. The van der Waals surface area contributed by atoms with Crippen LogP contribution in [0.1, 0.15) is 25.7 Å². The number of nitrogens with zero attached hydrogens (tertiary/aromatic N) is 1. The number of halogens is 2. The molecule has 0 bridgehead atoms. The summed E-state index contributed by atoms with van der Waals surface area (Å²) in [6.45, 7) is 1.89. The summed E-state index contributed by atoms with van der Waals surface area (Å²) in [5.74, 6) is -0.231. The second kappa shape index (κ2) is 6.89. The Labute approximate surface area is 121 Å². The largest absolute Gasteiger partial charge is 0.375 e. The molecular formula is C14H18BrFN2O. The first-order chi connectivity index (χ1) is 9.16. The fraction of sp³-hybridized carbons (Fsp3) is 0.500. The molecule has 1 aromatic carbocycles. The Morgan fingerprint density at radius 3 is 2.63 bits per heavy atom. The molecule has 19 heavy (non-hydrogen) atoms. The van der Waals surface area contributed by atoms with Crippen molar-refractivity contribution in [1.82, 2.24) is 4.90 Å². The second-order valence-electron chi connectivity index (χ2n) is 4.77. The lowest BCUT2D eigenvalue weighted by atomic mass is 10.2. The first-order valence-corrected chi connectivity index (χ1v) is 7.43. The van der Waals surface area contributed by atoms with Crippen LogP contribution in [0.25, 0.3) is 0 Å². The number of likely N-dealkylation sites (tertiary alicyclic amines) is 1. The second-order valence-corrected chi connectivity index (χ2v) is 5.63. The molecule has 5 heteroatoms. The van der Waals surface area contributed by atoms with E-state index in [2.05, 4.69) is 21.2 Å². The van der Waals surface area contributed by atoms with Gasteiger partial charge in [-0.25, -0.2) is 4.39 Å². The van der Waals surface area contributed by atoms with E-state index in [0.717, 1.165) is 30.4 Å². The van der Waals surface area contributed by atoms with Crippen LogP contribution < -0.4 is 5.32 Å². The highest BCUT2D eigenvalue weighted by Gasteiger charge is 2.15. The highest BCUT2D eigenvalue weighted by Crippen LogP contribution is 2.22. The molecule has 1 heterocycles. The van der Waals surface area contributed by atoms with Gasteiger partial charge in [0, 0.05) is 17.6 Å². The summed E-state index contributed by atoms with van der Waals surface area (Å²) in [5.41, 5.74) is 0.614. The number of rotatable bonds is 3. The molecule has 0 radical (unpaired) electrons. The number of amides is 1. The molecule has 1 fully saturated rings. The van der Waals surface area contributed by atoms with Crippen molar-refractivity contribution in [3.8, 4) is 0 Å². The van der Waals surface area contributed by atoms with Crippen molar-refractivity contribution in [1.29, 1.82) is 0 Å². The molecule has 0 saturated carbocycles. The molecule has 104 valence electrons. The van der Waals surface area contributed by atoms with Gasteiger partial charge in [0.15, 0.2) is 0 Å². The summed E-state index contributed by atoms with van der Waals surface area (Å²) < 4.78 is 13.9. The lowest BCUT2D eigenvalue weighted by molar-refractivity contribution is -0.129. The van der Waals surface area contributed by atoms with Crippen LogP contribution in [0.3, 0.4) is 0 Å². The van der Waals surface area contributed by atoms with Gasteiger partial charge < -0.3 is 10.2 Å². The van der Waals surface area contributed by atoms with E-state index in [1.54, 1.807) is 6.07 Å². The zero-order valence-electron chi connectivity index (χ0n) is 10.8. The molecule has 1 N–H and O–H groups in total. The van der Waals surface area contributed by atoms with Crippen LogP contribution in [0.2, 0.25) is 0 Å². The minimum Gasteiger partial charge on any atom is -0.375 e. The summed E-state index contributed by atoms with van der Waals surface area (Å²) in [7, 11) is 0. The Morgan fingerprint density at radius 2 is 1.95 bits per heavy atom. The molecule has 1 saturated heterocycles. The maximum Gasteiger partial charge on any atom is 0.241 e. The van der Waals surface area contributed by atoms with Crippen molar-refractivity contribution in [2.45, 2.75) is 25.7 Å². The molecule has 0 aliphatic carbocycles. The van der Waals surface area contributed by atoms with E-state index in [-0.39, 0.29) is 18.3 Å². The van der Waals surface area contributed by atoms with Crippen molar-refractivity contribution in [3.05, 3.63) is 28.5 Å². The topological polar surface area (TPSA) is 32.3 Å². The maximum atomic E-state index is 13.1. The van der Waals surface area contributed by atoms with Gasteiger partial charge in [-0.15, -0.1) is 0 Å². The monoisotopic (exact) mass is 328 g/mol. The van der Waals surface area contributed by atoms with Gasteiger partial charge in [0.25, 0.3) is 0 Å². The van der Waals surface area contributed by atoms with E-state index in [0.29, 0.717) is 5.69 Å². The smallest absolute Gasteiger partial charge is 0.241 e. The fourth-order valence-corrected chi connectivity index (χ4v) is 2.62. The SMILES string of the molecule is O=C(CNc1cc(F)ccc1Br)N1CCCCCC1. The molecule has 2 rings (SSSR count). The first-order valence-electron chi connectivity index (χ1n) is 6.63. The van der Waals surface area contributed by atoms with E-state index < -0.39 is 0 Å². The number of hydrogen-bond acceptors (Lipinski definition) is 2. The molecule has 0 unspecified atom stereocenters. The number of carbonyl (C=O) groups excluding carboxylic acids is 1. The van der Waals surface area contributed by atoms with Crippen LogP contribution in [-0.4, -0.2) is 30.4 Å². The highest BCUT2D eigenvalue weighted by molar-refractivity contribution is 9.10. The Kier molecular flexibility index (Phi) is 5.19. The van der Waals surface area contributed by atoms with Gasteiger partial charge in [0.05, 0.1) is 12.2 Å². The van der Waals surface area contributed by atoms with Gasteiger partial charge in [-0.1, -0.05) is 12.8 Å². The Bertz CT molecular complexity index is 445. The first kappa shape index (κ1) is 14.3. The average Bonchev–Trinajstić information content (AvgIpc) is 2.68. The zero-order valence-corrected chi connectivity index (χ0v) is 12.4. The van der Waals surface area contributed by atoms with Gasteiger partial charge in [-0.05, 0) is 47.0 Å². The Morgan fingerprint density at radius 1 is 1.26 bits per heavy atom. The van der Waals surface area contributed by atoms with E-state index in [9.17, 15) is 9.18 Å². The highest BCUT2D eigenvalue weighted by atomic mass is 79.9. The normalized spacial score (nSPS) is 16.0. The number of nitrogens with one attached hydrogen (secondary N) is 1. The number of carbonyl (C=O) groups is 1. The quantitative estimate of drug-likeness (QED) is 0.922. The third-order valence-electron chi connectivity index (χ3n) is 3.32. The van der Waals surface area contributed by atoms with Gasteiger partial charge in [-0.3, -0.25) is 4.79 Å². The molecule has 1 amide bonds. The lowest BCUT2D eigenvalue weighted by Crippen LogP contribution is -2.36. The van der Waals surface area contributed by atoms with E-state index in [1.165, 1.54) is 25.0 Å². The van der Waals surface area contributed by atoms with E-state index in [4.69, 9.17) is 0 Å². The van der Waals surface area contributed by atoms with E-state index >= 15 is 0 Å². The summed E-state index contributed by atoms with van der Waals surface area (Å²) in [6, 6.07) is 4.40. The lowest BCUT2D eigenvalue weighted by Gasteiger charge is -2.21. The summed E-state index contributed by atoms with van der Waals surface area (Å²) in [6.07, 6.45) is 4.56. The fourth-order valence-electron chi connectivity index (χ4n) is 2.24. The van der Waals surface area contributed by atoms with Gasteiger partial charge in [0.1, 0.15) is 5.82 Å². The van der Waals surface area contributed by atoms with Crippen molar-refractivity contribution >= 4 is 27.5 Å².